The molecule has 0 aliphatic carbocycles. The molecule has 0 spiro atoms. The van der Waals surface area contributed by atoms with E-state index in [4.69, 9.17) is 9.47 Å². The minimum atomic E-state index is -0.166. The summed E-state index contributed by atoms with van der Waals surface area (Å²) in [5.41, 5.74) is 3.52. The summed E-state index contributed by atoms with van der Waals surface area (Å²) in [6, 6.07) is 17.1. The third-order valence-electron chi connectivity index (χ3n) is 5.86. The van der Waals surface area contributed by atoms with Crippen LogP contribution in [0, 0.1) is 6.92 Å². The monoisotopic (exact) mass is 423 g/mol. The Morgan fingerprint density at radius 2 is 1.71 bits per heavy atom. The lowest BCUT2D eigenvalue weighted by molar-refractivity contribution is -0.124. The molecule has 2 aromatic rings. The summed E-state index contributed by atoms with van der Waals surface area (Å²) in [5, 5.41) is 3.23. The maximum Gasteiger partial charge on any atom is 0.220 e. The molecule has 2 aromatic carbocycles. The third-order valence-corrected chi connectivity index (χ3v) is 5.86. The average molecular weight is 424 g/mol. The predicted molar refractivity (Wildman–Crippen MR) is 126 cm³/mol. The topological polar surface area (TPSA) is 47.6 Å². The van der Waals surface area contributed by atoms with E-state index in [0.717, 1.165) is 25.0 Å². The van der Waals surface area contributed by atoms with Crippen molar-refractivity contribution in [2.24, 2.45) is 0 Å². The van der Waals surface area contributed by atoms with E-state index in [-0.39, 0.29) is 29.6 Å². The Morgan fingerprint density at radius 3 is 2.29 bits per heavy atom. The highest BCUT2D eigenvalue weighted by molar-refractivity contribution is 5.76. The van der Waals surface area contributed by atoms with Crippen molar-refractivity contribution < 1.29 is 14.3 Å². The molecule has 0 bridgehead atoms. The summed E-state index contributed by atoms with van der Waals surface area (Å²) < 4.78 is 11.6. The Balaban J connectivity index is 1.68. The molecule has 1 aliphatic rings. The van der Waals surface area contributed by atoms with Gasteiger partial charge in [0.25, 0.3) is 0 Å². The van der Waals surface area contributed by atoms with Crippen molar-refractivity contribution in [1.82, 2.24) is 5.32 Å². The molecular weight excluding hydrogens is 386 g/mol. The number of carbonyl (C=O) groups is 1. The van der Waals surface area contributed by atoms with Crippen LogP contribution in [0.15, 0.2) is 48.5 Å². The van der Waals surface area contributed by atoms with Crippen molar-refractivity contribution in [3.05, 3.63) is 65.2 Å². The molecule has 1 N–H and O–H groups in total. The molecule has 1 fully saturated rings. The zero-order valence-corrected chi connectivity index (χ0v) is 19.6. The quantitative estimate of drug-likeness (QED) is 0.586. The van der Waals surface area contributed by atoms with Crippen molar-refractivity contribution >= 4 is 5.91 Å². The van der Waals surface area contributed by atoms with Crippen molar-refractivity contribution in [2.75, 3.05) is 6.61 Å². The summed E-state index contributed by atoms with van der Waals surface area (Å²) in [6.07, 6.45) is 3.16. The van der Waals surface area contributed by atoms with Crippen LogP contribution < -0.4 is 10.1 Å². The van der Waals surface area contributed by atoms with E-state index in [1.807, 2.05) is 26.0 Å². The van der Waals surface area contributed by atoms with Crippen molar-refractivity contribution in [2.45, 2.75) is 84.0 Å². The fourth-order valence-corrected chi connectivity index (χ4v) is 4.31. The highest BCUT2D eigenvalue weighted by Crippen LogP contribution is 2.31. The summed E-state index contributed by atoms with van der Waals surface area (Å²) in [6.45, 7) is 11.0. The standard InChI is InChI=1S/C27H37NO3/c1-19(2)31-24-12-10-22(11-13-24)25(21-8-6-20(3)7-9-21)14-15-26(29)28-23-16-17-30-27(4,5)18-23/h6-13,19,23,25H,14-18H2,1-5H3,(H,28,29)/t23-,25+/m1/s1. The first-order valence-corrected chi connectivity index (χ1v) is 11.5. The highest BCUT2D eigenvalue weighted by Gasteiger charge is 2.29. The second-order valence-electron chi connectivity index (χ2n) is 9.60. The van der Waals surface area contributed by atoms with Crippen LogP contribution in [0.5, 0.6) is 5.75 Å². The molecule has 0 radical (unpaired) electrons. The zero-order valence-electron chi connectivity index (χ0n) is 19.6. The molecule has 168 valence electrons. The first kappa shape index (κ1) is 23.3. The van der Waals surface area contributed by atoms with Crippen LogP contribution in [-0.2, 0) is 9.53 Å². The molecule has 0 aromatic heterocycles. The lowest BCUT2D eigenvalue weighted by Gasteiger charge is -2.35. The van der Waals surface area contributed by atoms with Gasteiger partial charge in [0.1, 0.15) is 5.75 Å². The first-order chi connectivity index (χ1) is 14.7. The van der Waals surface area contributed by atoms with Gasteiger partial charge in [0.15, 0.2) is 0 Å². The maximum absolute atomic E-state index is 12.7. The molecule has 31 heavy (non-hydrogen) atoms. The molecule has 2 atom stereocenters. The number of hydrogen-bond acceptors (Lipinski definition) is 3. The zero-order chi connectivity index (χ0) is 22.4. The van der Waals surface area contributed by atoms with Crippen molar-refractivity contribution in [3.8, 4) is 5.75 Å². The minimum absolute atomic E-state index is 0.125. The first-order valence-electron chi connectivity index (χ1n) is 11.5. The van der Waals surface area contributed by atoms with E-state index in [2.05, 4.69) is 62.5 Å². The summed E-state index contributed by atoms with van der Waals surface area (Å²) in [5.74, 6) is 1.17. The second kappa shape index (κ2) is 10.3. The van der Waals surface area contributed by atoms with Crippen LogP contribution >= 0.6 is 0 Å². The van der Waals surface area contributed by atoms with Gasteiger partial charge in [-0.15, -0.1) is 0 Å². The van der Waals surface area contributed by atoms with E-state index in [1.165, 1.54) is 16.7 Å². The van der Waals surface area contributed by atoms with Gasteiger partial charge in [-0.1, -0.05) is 42.0 Å². The lowest BCUT2D eigenvalue weighted by atomic mass is 9.87. The van der Waals surface area contributed by atoms with Gasteiger partial charge in [-0.3, -0.25) is 4.79 Å². The van der Waals surface area contributed by atoms with E-state index in [0.29, 0.717) is 13.0 Å². The SMILES string of the molecule is Cc1ccc([C@H](CCC(=O)N[C@@H]2CCOC(C)(C)C2)c2ccc(OC(C)C)cc2)cc1. The molecule has 0 saturated carbocycles. The molecule has 4 nitrogen and oxygen atoms in total. The van der Waals surface area contributed by atoms with Gasteiger partial charge >= 0.3 is 0 Å². The van der Waals surface area contributed by atoms with Gasteiger partial charge in [-0.05, 0) is 77.1 Å². The molecule has 1 amide bonds. The summed E-state index contributed by atoms with van der Waals surface area (Å²) in [7, 11) is 0. The summed E-state index contributed by atoms with van der Waals surface area (Å²) >= 11 is 0. The number of aryl methyl sites for hydroxylation is 1. The Bertz CT molecular complexity index is 840. The van der Waals surface area contributed by atoms with Gasteiger partial charge in [0.05, 0.1) is 11.7 Å². The lowest BCUT2D eigenvalue weighted by Crippen LogP contribution is -2.45. The van der Waals surface area contributed by atoms with Crippen LogP contribution in [0.25, 0.3) is 0 Å². The van der Waals surface area contributed by atoms with Crippen molar-refractivity contribution in [3.63, 3.8) is 0 Å². The second-order valence-corrected chi connectivity index (χ2v) is 9.60. The van der Waals surface area contributed by atoms with Gasteiger partial charge < -0.3 is 14.8 Å². The van der Waals surface area contributed by atoms with Crippen LogP contribution in [0.3, 0.4) is 0 Å². The van der Waals surface area contributed by atoms with E-state index < -0.39 is 0 Å². The van der Waals surface area contributed by atoms with E-state index in [1.54, 1.807) is 0 Å². The molecular formula is C27H37NO3. The Morgan fingerprint density at radius 1 is 1.10 bits per heavy atom. The number of rotatable bonds is 8. The normalized spacial score (nSPS) is 19.1. The van der Waals surface area contributed by atoms with E-state index >= 15 is 0 Å². The van der Waals surface area contributed by atoms with Gasteiger partial charge in [-0.25, -0.2) is 0 Å². The number of carbonyl (C=O) groups excluding carboxylic acids is 1. The average Bonchev–Trinajstić information content (AvgIpc) is 2.69. The molecule has 3 rings (SSSR count). The Labute approximate surface area is 187 Å². The highest BCUT2D eigenvalue weighted by atomic mass is 16.5. The largest absolute Gasteiger partial charge is 0.491 e. The van der Waals surface area contributed by atoms with Gasteiger partial charge in [0.2, 0.25) is 5.91 Å². The fourth-order valence-electron chi connectivity index (χ4n) is 4.31. The van der Waals surface area contributed by atoms with Crippen LogP contribution in [0.1, 0.15) is 76.0 Å². The Hall–Kier alpha value is -2.33. The van der Waals surface area contributed by atoms with Gasteiger partial charge in [0, 0.05) is 25.0 Å². The van der Waals surface area contributed by atoms with Crippen LogP contribution in [-0.4, -0.2) is 30.3 Å². The summed E-state index contributed by atoms with van der Waals surface area (Å²) in [4.78, 5) is 12.7. The number of benzene rings is 2. The Kier molecular flexibility index (Phi) is 7.77. The third kappa shape index (κ3) is 7.10. The number of amides is 1. The number of ether oxygens (including phenoxy) is 2. The van der Waals surface area contributed by atoms with Crippen LogP contribution in [0.4, 0.5) is 0 Å². The molecule has 1 saturated heterocycles. The molecule has 1 heterocycles. The number of nitrogens with one attached hydrogen (secondary N) is 1. The van der Waals surface area contributed by atoms with Crippen molar-refractivity contribution in [1.29, 1.82) is 0 Å². The van der Waals surface area contributed by atoms with Crippen LogP contribution in [0.2, 0.25) is 0 Å². The molecule has 1 aliphatic heterocycles. The van der Waals surface area contributed by atoms with E-state index in [9.17, 15) is 4.79 Å². The molecule has 4 heteroatoms. The maximum atomic E-state index is 12.7. The van der Waals surface area contributed by atoms with Gasteiger partial charge in [-0.2, -0.15) is 0 Å². The smallest absolute Gasteiger partial charge is 0.220 e. The molecule has 0 unspecified atom stereocenters. The predicted octanol–water partition coefficient (Wildman–Crippen LogP) is 5.77. The fraction of sp³-hybridized carbons (Fsp3) is 0.519. The number of hydrogen-bond donors (Lipinski definition) is 1. The minimum Gasteiger partial charge on any atom is -0.491 e.